The molecule has 0 aliphatic rings. The van der Waals surface area contributed by atoms with Crippen LogP contribution in [0.5, 0.6) is 0 Å². The van der Waals surface area contributed by atoms with Crippen molar-refractivity contribution >= 4 is 0 Å². The Morgan fingerprint density at radius 3 is 1.44 bits per heavy atom. The lowest BCUT2D eigenvalue weighted by atomic mass is 9.79. The monoisotopic (exact) mass is 408 g/mol. The van der Waals surface area contributed by atoms with E-state index in [2.05, 4.69) is 0 Å². The van der Waals surface area contributed by atoms with Gasteiger partial charge >= 0.3 is 23.7 Å². The van der Waals surface area contributed by atoms with Gasteiger partial charge < -0.3 is 0 Å². The first-order valence-corrected chi connectivity index (χ1v) is 6.16. The molecule has 25 heavy (non-hydrogen) atoms. The highest BCUT2D eigenvalue weighted by Crippen LogP contribution is 2.59. The van der Waals surface area contributed by atoms with Crippen LogP contribution in [-0.2, 0) is 0 Å². The molecular weight excluding hydrogens is 398 g/mol. The maximum Gasteiger partial charge on any atom is 0.434 e. The number of alkyl halides is 14. The van der Waals surface area contributed by atoms with Gasteiger partial charge in [-0.1, -0.05) is 0 Å². The van der Waals surface area contributed by atoms with Crippen LogP contribution in [0, 0.1) is 0 Å². The second kappa shape index (κ2) is 6.97. The minimum Gasteiger partial charge on any atom is -0.251 e. The van der Waals surface area contributed by atoms with E-state index in [9.17, 15) is 61.5 Å². The lowest BCUT2D eigenvalue weighted by molar-refractivity contribution is -0.384. The van der Waals surface area contributed by atoms with E-state index in [1.165, 1.54) is 0 Å². The molecule has 0 saturated carbocycles. The molecule has 4 unspecified atom stereocenters. The molecular formula is C11H10F14. The first-order valence-electron chi connectivity index (χ1n) is 6.16. The van der Waals surface area contributed by atoms with Crippen molar-refractivity contribution in [3.63, 3.8) is 0 Å². The van der Waals surface area contributed by atoms with Gasteiger partial charge in [-0.25, -0.2) is 26.3 Å². The highest BCUT2D eigenvalue weighted by Gasteiger charge is 2.87. The van der Waals surface area contributed by atoms with Crippen LogP contribution in [-0.4, -0.2) is 54.8 Å². The minimum atomic E-state index is -7.26. The van der Waals surface area contributed by atoms with E-state index in [4.69, 9.17) is 0 Å². The summed E-state index contributed by atoms with van der Waals surface area (Å²) in [5.41, 5.74) is -13.4. The Labute approximate surface area is 131 Å². The summed E-state index contributed by atoms with van der Waals surface area (Å²) in [5, 5.41) is 0. The van der Waals surface area contributed by atoms with E-state index in [1.807, 2.05) is 0 Å². The van der Waals surface area contributed by atoms with Gasteiger partial charge in [0.05, 0.1) is 6.67 Å². The molecule has 0 aromatic carbocycles. The zero-order valence-corrected chi connectivity index (χ0v) is 11.9. The second-order valence-electron chi connectivity index (χ2n) is 5.11. The Kier molecular flexibility index (Phi) is 6.70. The lowest BCUT2D eigenvalue weighted by Crippen LogP contribution is -2.73. The Morgan fingerprint density at radius 2 is 1.16 bits per heavy atom. The van der Waals surface area contributed by atoms with Gasteiger partial charge in [0.1, 0.15) is 6.17 Å². The SMILES string of the molecule is CC(F)(C(F)(F)C(F)C(F)CCF)C(F)(F)C(F)(C(F)F)C(F)(F)F. The van der Waals surface area contributed by atoms with Gasteiger partial charge in [-0.15, -0.1) is 0 Å². The third-order valence-corrected chi connectivity index (χ3v) is 3.43. The third kappa shape index (κ3) is 3.49. The molecule has 0 aliphatic carbocycles. The smallest absolute Gasteiger partial charge is 0.251 e. The maximum absolute atomic E-state index is 13.8. The highest BCUT2D eigenvalue weighted by atomic mass is 19.4. The molecule has 0 rings (SSSR count). The van der Waals surface area contributed by atoms with Gasteiger partial charge in [-0.2, -0.15) is 30.7 Å². The van der Waals surface area contributed by atoms with Crippen molar-refractivity contribution in [2.75, 3.05) is 6.67 Å². The van der Waals surface area contributed by atoms with Crippen LogP contribution < -0.4 is 0 Å². The van der Waals surface area contributed by atoms with Crippen LogP contribution in [0.25, 0.3) is 0 Å². The first-order chi connectivity index (χ1) is 10.8. The van der Waals surface area contributed by atoms with Gasteiger partial charge in [0.15, 0.2) is 6.17 Å². The van der Waals surface area contributed by atoms with Crippen molar-refractivity contribution in [3.8, 4) is 0 Å². The quantitative estimate of drug-likeness (QED) is 0.462. The predicted molar refractivity (Wildman–Crippen MR) is 55.7 cm³/mol. The molecule has 0 N–H and O–H groups in total. The van der Waals surface area contributed by atoms with Gasteiger partial charge in [0, 0.05) is 6.42 Å². The molecule has 152 valence electrons. The molecule has 4 atom stereocenters. The zero-order valence-electron chi connectivity index (χ0n) is 11.9. The van der Waals surface area contributed by atoms with Crippen molar-refractivity contribution in [1.82, 2.24) is 0 Å². The van der Waals surface area contributed by atoms with E-state index >= 15 is 0 Å². The van der Waals surface area contributed by atoms with Crippen molar-refractivity contribution in [3.05, 3.63) is 0 Å². The van der Waals surface area contributed by atoms with Crippen LogP contribution in [0.15, 0.2) is 0 Å². The molecule has 0 saturated heterocycles. The van der Waals surface area contributed by atoms with Crippen LogP contribution in [0.3, 0.4) is 0 Å². The van der Waals surface area contributed by atoms with Crippen molar-refractivity contribution in [2.24, 2.45) is 0 Å². The van der Waals surface area contributed by atoms with Gasteiger partial charge in [-0.3, -0.25) is 4.39 Å². The fourth-order valence-electron chi connectivity index (χ4n) is 1.73. The van der Waals surface area contributed by atoms with E-state index in [-0.39, 0.29) is 0 Å². The largest absolute Gasteiger partial charge is 0.434 e. The number of hydrogen-bond acceptors (Lipinski definition) is 0. The Balaban J connectivity index is 6.27. The molecule has 0 nitrogen and oxygen atoms in total. The molecule has 0 radical (unpaired) electrons. The fraction of sp³-hybridized carbons (Fsp3) is 1.00. The van der Waals surface area contributed by atoms with Gasteiger partial charge in [0.25, 0.3) is 6.43 Å². The average Bonchev–Trinajstić information content (AvgIpc) is 2.43. The third-order valence-electron chi connectivity index (χ3n) is 3.43. The molecule has 0 amide bonds. The molecule has 0 bridgehead atoms. The summed E-state index contributed by atoms with van der Waals surface area (Å²) in [6.45, 7) is -3.03. The Morgan fingerprint density at radius 1 is 0.760 bits per heavy atom. The number of rotatable bonds is 8. The number of halogens is 14. The minimum absolute atomic E-state index is 1.19. The fourth-order valence-corrected chi connectivity index (χ4v) is 1.73. The Bertz CT molecular complexity index is 441. The summed E-state index contributed by atoms with van der Waals surface area (Å²) in [6, 6.07) is 0. The zero-order chi connectivity index (χ0) is 20.6. The van der Waals surface area contributed by atoms with Crippen LogP contribution >= 0.6 is 0 Å². The maximum atomic E-state index is 13.8. The normalized spacial score (nSPS) is 21.6. The van der Waals surface area contributed by atoms with E-state index in [0.29, 0.717) is 0 Å². The van der Waals surface area contributed by atoms with Crippen molar-refractivity contribution < 1.29 is 61.5 Å². The topological polar surface area (TPSA) is 0 Å². The highest BCUT2D eigenvalue weighted by molar-refractivity contribution is 5.16. The Hall–Kier alpha value is -0.980. The van der Waals surface area contributed by atoms with Crippen LogP contribution in [0.1, 0.15) is 13.3 Å². The van der Waals surface area contributed by atoms with E-state index in [0.717, 1.165) is 0 Å². The van der Waals surface area contributed by atoms with E-state index < -0.39 is 68.1 Å². The summed E-state index contributed by atoms with van der Waals surface area (Å²) in [7, 11) is 0. The molecule has 0 aliphatic heterocycles. The van der Waals surface area contributed by atoms with Crippen molar-refractivity contribution in [1.29, 1.82) is 0 Å². The molecule has 0 aromatic rings. The molecule has 0 aromatic heterocycles. The first kappa shape index (κ1) is 24.0. The van der Waals surface area contributed by atoms with Crippen LogP contribution in [0.2, 0.25) is 0 Å². The molecule has 14 heteroatoms. The van der Waals surface area contributed by atoms with Gasteiger partial charge in [-0.05, 0) is 6.92 Å². The lowest BCUT2D eigenvalue weighted by Gasteiger charge is -2.44. The second-order valence-corrected chi connectivity index (χ2v) is 5.11. The average molecular weight is 408 g/mol. The summed E-state index contributed by atoms with van der Waals surface area (Å²) in [6.07, 6.45) is -23.1. The standard InChI is InChI=1S/C11H10F14/c1-7(17,9(19,20)5(14)4(13)2-3-12)10(21,22)8(18,6(15)16)11(23,24)25/h4-6H,2-3H2,1H3. The summed E-state index contributed by atoms with van der Waals surface area (Å²) in [4.78, 5) is 0. The van der Waals surface area contributed by atoms with Crippen molar-refractivity contribution in [2.45, 2.75) is 61.5 Å². The summed E-state index contributed by atoms with van der Waals surface area (Å²) < 4.78 is 180. The van der Waals surface area contributed by atoms with Crippen LogP contribution in [0.4, 0.5) is 61.5 Å². The summed E-state index contributed by atoms with van der Waals surface area (Å²) in [5.74, 6) is -13.7. The summed E-state index contributed by atoms with van der Waals surface area (Å²) >= 11 is 0. The predicted octanol–water partition coefficient (Wildman–Crippen LogP) is 5.56. The van der Waals surface area contributed by atoms with Gasteiger partial charge in [0.2, 0.25) is 5.67 Å². The molecule has 0 heterocycles. The number of hydrogen-bond donors (Lipinski definition) is 0. The van der Waals surface area contributed by atoms with E-state index in [1.54, 1.807) is 0 Å². The molecule has 0 spiro atoms. The molecule has 0 fully saturated rings.